The Morgan fingerprint density at radius 2 is 1.85 bits per heavy atom. The van der Waals surface area contributed by atoms with E-state index in [0.29, 0.717) is 13.2 Å². The van der Waals surface area contributed by atoms with Crippen LogP contribution in [0, 0.1) is 0 Å². The lowest BCUT2D eigenvalue weighted by molar-refractivity contribution is 0.0833. The van der Waals surface area contributed by atoms with Gasteiger partial charge < -0.3 is 19.8 Å². The average Bonchev–Trinajstić information content (AvgIpc) is 2.16. The van der Waals surface area contributed by atoms with Crippen molar-refractivity contribution in [3.05, 3.63) is 0 Å². The maximum Gasteiger partial charge on any atom is 0.0697 e. The summed E-state index contributed by atoms with van der Waals surface area (Å²) in [4.78, 5) is 2.17. The van der Waals surface area contributed by atoms with Gasteiger partial charge in [-0.05, 0) is 13.0 Å². The van der Waals surface area contributed by atoms with Gasteiger partial charge in [0, 0.05) is 19.7 Å². The van der Waals surface area contributed by atoms with Crippen molar-refractivity contribution in [2.75, 3.05) is 46.1 Å². The highest BCUT2D eigenvalue weighted by Gasteiger charge is 1.99. The summed E-state index contributed by atoms with van der Waals surface area (Å²) >= 11 is 0. The Labute approximate surface area is 80.1 Å². The summed E-state index contributed by atoms with van der Waals surface area (Å²) < 4.78 is 5.12. The lowest BCUT2D eigenvalue weighted by Gasteiger charge is -2.18. The second-order valence-electron chi connectivity index (χ2n) is 2.85. The van der Waals surface area contributed by atoms with E-state index >= 15 is 0 Å². The van der Waals surface area contributed by atoms with Crippen molar-refractivity contribution in [3.8, 4) is 0 Å². The van der Waals surface area contributed by atoms with Crippen LogP contribution < -0.4 is 0 Å². The van der Waals surface area contributed by atoms with Gasteiger partial charge in [0.2, 0.25) is 0 Å². The fourth-order valence-corrected chi connectivity index (χ4v) is 1.13. The number of ether oxygens (including phenoxy) is 1. The molecule has 2 N–H and O–H groups in total. The highest BCUT2D eigenvalue weighted by molar-refractivity contribution is 4.53. The standard InChI is InChI=1S/C9H21NO3/c1-2-10(5-6-11)4-3-8-13-9-7-12/h11-12H,2-9H2,1H3. The van der Waals surface area contributed by atoms with Gasteiger partial charge in [-0.15, -0.1) is 0 Å². The predicted molar refractivity (Wildman–Crippen MR) is 51.7 cm³/mol. The second kappa shape index (κ2) is 9.92. The van der Waals surface area contributed by atoms with E-state index in [1.165, 1.54) is 0 Å². The third-order valence-corrected chi connectivity index (χ3v) is 1.86. The quantitative estimate of drug-likeness (QED) is 0.491. The Balaban J connectivity index is 3.17. The lowest BCUT2D eigenvalue weighted by atomic mass is 10.4. The molecule has 0 bridgehead atoms. The molecular weight excluding hydrogens is 170 g/mol. The molecule has 0 fully saturated rings. The summed E-state index contributed by atoms with van der Waals surface area (Å²) in [5.74, 6) is 0. The summed E-state index contributed by atoms with van der Waals surface area (Å²) in [6.45, 7) is 6.12. The van der Waals surface area contributed by atoms with Crippen molar-refractivity contribution < 1.29 is 14.9 Å². The van der Waals surface area contributed by atoms with Crippen LogP contribution in [0.25, 0.3) is 0 Å². The van der Waals surface area contributed by atoms with E-state index in [4.69, 9.17) is 14.9 Å². The van der Waals surface area contributed by atoms with Gasteiger partial charge in [-0.25, -0.2) is 0 Å². The van der Waals surface area contributed by atoms with Crippen LogP contribution in [0.1, 0.15) is 13.3 Å². The minimum Gasteiger partial charge on any atom is -0.395 e. The van der Waals surface area contributed by atoms with E-state index in [1.807, 2.05) is 0 Å². The Bertz CT molecular complexity index is 101. The maximum absolute atomic E-state index is 8.70. The zero-order valence-corrected chi connectivity index (χ0v) is 8.41. The van der Waals surface area contributed by atoms with E-state index in [-0.39, 0.29) is 13.2 Å². The first-order valence-corrected chi connectivity index (χ1v) is 4.87. The average molecular weight is 191 g/mol. The third kappa shape index (κ3) is 8.18. The Morgan fingerprint density at radius 1 is 1.08 bits per heavy atom. The van der Waals surface area contributed by atoms with E-state index in [2.05, 4.69) is 11.8 Å². The van der Waals surface area contributed by atoms with E-state index in [0.717, 1.165) is 26.1 Å². The maximum atomic E-state index is 8.70. The molecule has 0 spiro atoms. The van der Waals surface area contributed by atoms with Gasteiger partial charge in [-0.2, -0.15) is 0 Å². The minimum absolute atomic E-state index is 0.0914. The van der Waals surface area contributed by atoms with Crippen molar-refractivity contribution >= 4 is 0 Å². The predicted octanol–water partition coefficient (Wildman–Crippen LogP) is -0.300. The smallest absolute Gasteiger partial charge is 0.0697 e. The Hall–Kier alpha value is -0.160. The largest absolute Gasteiger partial charge is 0.395 e. The van der Waals surface area contributed by atoms with Crippen LogP contribution >= 0.6 is 0 Å². The molecule has 80 valence electrons. The first-order chi connectivity index (χ1) is 6.35. The number of nitrogens with zero attached hydrogens (tertiary/aromatic N) is 1. The normalized spacial score (nSPS) is 11.1. The fourth-order valence-electron chi connectivity index (χ4n) is 1.13. The van der Waals surface area contributed by atoms with E-state index in [9.17, 15) is 0 Å². The van der Waals surface area contributed by atoms with Crippen LogP contribution in [0.5, 0.6) is 0 Å². The fraction of sp³-hybridized carbons (Fsp3) is 1.00. The van der Waals surface area contributed by atoms with Crippen molar-refractivity contribution in [1.82, 2.24) is 4.90 Å². The molecule has 0 saturated heterocycles. The third-order valence-electron chi connectivity index (χ3n) is 1.86. The molecule has 0 amide bonds. The van der Waals surface area contributed by atoms with E-state index < -0.39 is 0 Å². The second-order valence-corrected chi connectivity index (χ2v) is 2.85. The molecular formula is C9H21NO3. The van der Waals surface area contributed by atoms with Gasteiger partial charge in [-0.3, -0.25) is 0 Å². The van der Waals surface area contributed by atoms with Crippen molar-refractivity contribution in [2.24, 2.45) is 0 Å². The molecule has 0 saturated carbocycles. The highest BCUT2D eigenvalue weighted by Crippen LogP contribution is 1.91. The summed E-state index contributed by atoms with van der Waals surface area (Å²) in [5, 5.41) is 17.1. The van der Waals surface area contributed by atoms with Crippen molar-refractivity contribution in [3.63, 3.8) is 0 Å². The van der Waals surface area contributed by atoms with E-state index in [1.54, 1.807) is 0 Å². The van der Waals surface area contributed by atoms with Crippen LogP contribution in [0.3, 0.4) is 0 Å². The lowest BCUT2D eigenvalue weighted by Crippen LogP contribution is -2.28. The molecule has 0 aromatic carbocycles. The van der Waals surface area contributed by atoms with Gasteiger partial charge >= 0.3 is 0 Å². The number of aliphatic hydroxyl groups is 2. The minimum atomic E-state index is 0.0914. The Kier molecular flexibility index (Phi) is 9.80. The van der Waals surface area contributed by atoms with Crippen LogP contribution in [-0.4, -0.2) is 61.2 Å². The molecule has 0 radical (unpaired) electrons. The van der Waals surface area contributed by atoms with Gasteiger partial charge in [0.05, 0.1) is 19.8 Å². The van der Waals surface area contributed by atoms with Crippen LogP contribution in [-0.2, 0) is 4.74 Å². The monoisotopic (exact) mass is 191 g/mol. The van der Waals surface area contributed by atoms with Gasteiger partial charge in [-0.1, -0.05) is 6.92 Å². The van der Waals surface area contributed by atoms with Crippen LogP contribution in [0.2, 0.25) is 0 Å². The number of likely N-dealkylation sites (N-methyl/N-ethyl adjacent to an activating group) is 1. The van der Waals surface area contributed by atoms with Crippen molar-refractivity contribution in [2.45, 2.75) is 13.3 Å². The molecule has 0 rings (SSSR count). The number of aliphatic hydroxyl groups excluding tert-OH is 2. The molecule has 13 heavy (non-hydrogen) atoms. The molecule has 0 aliphatic heterocycles. The molecule has 4 nitrogen and oxygen atoms in total. The molecule has 0 aliphatic rings. The zero-order valence-electron chi connectivity index (χ0n) is 8.41. The summed E-state index contributed by atoms with van der Waals surface area (Å²) in [6.07, 6.45) is 0.952. The van der Waals surface area contributed by atoms with Gasteiger partial charge in [0.25, 0.3) is 0 Å². The molecule has 0 aliphatic carbocycles. The molecule has 4 heteroatoms. The first-order valence-electron chi connectivity index (χ1n) is 4.87. The Morgan fingerprint density at radius 3 is 2.38 bits per heavy atom. The summed E-state index contributed by atoms with van der Waals surface area (Å²) in [5.41, 5.74) is 0. The zero-order chi connectivity index (χ0) is 9.94. The van der Waals surface area contributed by atoms with Gasteiger partial charge in [0.15, 0.2) is 0 Å². The molecule has 0 unspecified atom stereocenters. The summed E-state index contributed by atoms with van der Waals surface area (Å²) in [7, 11) is 0. The number of rotatable bonds is 9. The molecule has 0 aromatic heterocycles. The van der Waals surface area contributed by atoms with Crippen LogP contribution in [0.15, 0.2) is 0 Å². The molecule has 0 heterocycles. The number of hydrogen-bond donors (Lipinski definition) is 2. The first kappa shape index (κ1) is 12.8. The number of hydrogen-bond acceptors (Lipinski definition) is 4. The van der Waals surface area contributed by atoms with Crippen LogP contribution in [0.4, 0.5) is 0 Å². The van der Waals surface area contributed by atoms with Gasteiger partial charge in [0.1, 0.15) is 0 Å². The highest BCUT2D eigenvalue weighted by atomic mass is 16.5. The summed E-state index contributed by atoms with van der Waals surface area (Å²) in [6, 6.07) is 0. The van der Waals surface area contributed by atoms with Crippen molar-refractivity contribution in [1.29, 1.82) is 0 Å². The topological polar surface area (TPSA) is 52.9 Å². The SMILES string of the molecule is CCN(CCO)CCCOCCO. The molecule has 0 aromatic rings. The molecule has 0 atom stereocenters.